The molecule has 4 N–H and O–H groups in total. The topological polar surface area (TPSA) is 143 Å². The molecule has 1 heterocycles. The molecule has 0 aliphatic rings. The summed E-state index contributed by atoms with van der Waals surface area (Å²) in [7, 11) is 1.45. The van der Waals surface area contributed by atoms with Crippen molar-refractivity contribution < 1.29 is 33.8 Å². The van der Waals surface area contributed by atoms with Crippen molar-refractivity contribution in [1.29, 1.82) is 0 Å². The molecular weight excluding hydrogens is 438 g/mol. The number of aliphatic hydroxyl groups excluding tert-OH is 1. The molecule has 0 aliphatic carbocycles. The van der Waals surface area contributed by atoms with Crippen LogP contribution in [0.2, 0.25) is 0 Å². The number of ether oxygens (including phenoxy) is 2. The second kappa shape index (κ2) is 11.8. The third-order valence-electron chi connectivity index (χ3n) is 4.22. The van der Waals surface area contributed by atoms with E-state index in [1.54, 1.807) is 32.0 Å². The monoisotopic (exact) mass is 463 g/mol. The summed E-state index contributed by atoms with van der Waals surface area (Å²) in [5, 5.41) is 17.0. The van der Waals surface area contributed by atoms with Crippen molar-refractivity contribution in [3.05, 3.63) is 45.8 Å². The lowest BCUT2D eigenvalue weighted by atomic mass is 10.1. The minimum Gasteiger partial charge on any atom is -0.462 e. The second-order valence-corrected chi connectivity index (χ2v) is 7.40. The molecule has 10 nitrogen and oxygen atoms in total. The van der Waals surface area contributed by atoms with Crippen LogP contribution >= 0.6 is 11.3 Å². The maximum Gasteiger partial charge on any atom is 0.341 e. The van der Waals surface area contributed by atoms with E-state index in [0.717, 1.165) is 11.3 Å². The number of anilines is 2. The van der Waals surface area contributed by atoms with Gasteiger partial charge in [0.2, 0.25) is 0 Å². The van der Waals surface area contributed by atoms with Crippen LogP contribution in [0.25, 0.3) is 0 Å². The Hall–Kier alpha value is -3.44. The number of para-hydroxylation sites is 1. The Balaban J connectivity index is 2.14. The summed E-state index contributed by atoms with van der Waals surface area (Å²) >= 11 is 0.925. The first-order valence-corrected chi connectivity index (χ1v) is 10.6. The van der Waals surface area contributed by atoms with Gasteiger partial charge < -0.3 is 30.5 Å². The first-order valence-electron chi connectivity index (χ1n) is 9.77. The summed E-state index contributed by atoms with van der Waals surface area (Å²) in [4.78, 5) is 49.5. The number of hydrogen-bond acceptors (Lipinski definition) is 9. The molecule has 172 valence electrons. The molecule has 11 heteroatoms. The maximum absolute atomic E-state index is 12.4. The van der Waals surface area contributed by atoms with E-state index in [4.69, 9.17) is 14.6 Å². The highest BCUT2D eigenvalue weighted by Crippen LogP contribution is 2.33. The van der Waals surface area contributed by atoms with Crippen LogP contribution in [0, 0.1) is 6.92 Å². The van der Waals surface area contributed by atoms with Gasteiger partial charge in [-0.15, -0.1) is 11.3 Å². The third kappa shape index (κ3) is 6.05. The lowest BCUT2D eigenvalue weighted by Gasteiger charge is -2.11. The van der Waals surface area contributed by atoms with Crippen molar-refractivity contribution in [3.63, 3.8) is 0 Å². The van der Waals surface area contributed by atoms with Gasteiger partial charge in [0, 0.05) is 19.3 Å². The number of aliphatic hydroxyl groups is 1. The van der Waals surface area contributed by atoms with Crippen LogP contribution in [0.5, 0.6) is 0 Å². The van der Waals surface area contributed by atoms with Gasteiger partial charge in [0.25, 0.3) is 11.8 Å². The SMILES string of the molecule is CCOC(=O)c1c(NC(=O)COC(=O)c2ccccc2NCCO)sc(C(=O)NC)c1C. The Morgan fingerprint density at radius 1 is 1.09 bits per heavy atom. The number of nitrogens with one attached hydrogen (secondary N) is 3. The average molecular weight is 464 g/mol. The highest BCUT2D eigenvalue weighted by molar-refractivity contribution is 7.18. The van der Waals surface area contributed by atoms with E-state index in [1.165, 1.54) is 13.1 Å². The summed E-state index contributed by atoms with van der Waals surface area (Å²) in [5.41, 5.74) is 1.12. The Bertz CT molecular complexity index is 1000. The minimum absolute atomic E-state index is 0.0775. The molecule has 2 aromatic rings. The molecule has 0 saturated heterocycles. The standard InChI is InChI=1S/C21H25N3O7S/c1-4-30-21(29)16-12(2)17(18(27)22-3)32-19(16)24-15(26)11-31-20(28)13-7-5-6-8-14(13)23-9-10-25/h5-8,23,25H,4,9-11H2,1-3H3,(H,22,27)(H,24,26). The Labute approximate surface area is 188 Å². The number of carbonyl (C=O) groups is 4. The van der Waals surface area contributed by atoms with E-state index in [2.05, 4.69) is 16.0 Å². The van der Waals surface area contributed by atoms with Gasteiger partial charge in [-0.3, -0.25) is 9.59 Å². The lowest BCUT2D eigenvalue weighted by molar-refractivity contribution is -0.119. The first kappa shape index (κ1) is 24.8. The average Bonchev–Trinajstić information content (AvgIpc) is 3.11. The number of benzene rings is 1. The van der Waals surface area contributed by atoms with Crippen molar-refractivity contribution in [2.75, 3.05) is 44.0 Å². The molecule has 1 aromatic heterocycles. The Morgan fingerprint density at radius 3 is 2.47 bits per heavy atom. The van der Waals surface area contributed by atoms with E-state index in [1.807, 2.05) is 0 Å². The van der Waals surface area contributed by atoms with Gasteiger partial charge in [-0.1, -0.05) is 12.1 Å². The highest BCUT2D eigenvalue weighted by Gasteiger charge is 2.26. The number of carbonyl (C=O) groups excluding carboxylic acids is 4. The third-order valence-corrected chi connectivity index (χ3v) is 5.43. The molecule has 0 bridgehead atoms. The molecule has 0 atom stereocenters. The molecule has 0 aliphatic heterocycles. The van der Waals surface area contributed by atoms with Crippen LogP contribution < -0.4 is 16.0 Å². The summed E-state index contributed by atoms with van der Waals surface area (Å²) in [6.45, 7) is 2.86. The van der Waals surface area contributed by atoms with Crippen LogP contribution in [0.15, 0.2) is 24.3 Å². The van der Waals surface area contributed by atoms with E-state index in [0.29, 0.717) is 11.3 Å². The lowest BCUT2D eigenvalue weighted by Crippen LogP contribution is -2.22. The Kier molecular flexibility index (Phi) is 9.17. The fraction of sp³-hybridized carbons (Fsp3) is 0.333. The van der Waals surface area contributed by atoms with Crippen LogP contribution in [-0.2, 0) is 14.3 Å². The van der Waals surface area contributed by atoms with Crippen molar-refractivity contribution in [2.45, 2.75) is 13.8 Å². The number of rotatable bonds is 10. The van der Waals surface area contributed by atoms with Gasteiger partial charge in [0.1, 0.15) is 5.00 Å². The molecule has 0 radical (unpaired) electrons. The summed E-state index contributed by atoms with van der Waals surface area (Å²) in [6.07, 6.45) is 0. The van der Waals surface area contributed by atoms with Gasteiger partial charge in [-0.2, -0.15) is 0 Å². The quantitative estimate of drug-likeness (QED) is 0.391. The normalized spacial score (nSPS) is 10.2. The number of amides is 2. The summed E-state index contributed by atoms with van der Waals surface area (Å²) in [6, 6.07) is 6.52. The second-order valence-electron chi connectivity index (χ2n) is 6.38. The van der Waals surface area contributed by atoms with Gasteiger partial charge in [0.15, 0.2) is 6.61 Å². The van der Waals surface area contributed by atoms with Crippen molar-refractivity contribution in [2.24, 2.45) is 0 Å². The zero-order valence-electron chi connectivity index (χ0n) is 17.9. The van der Waals surface area contributed by atoms with Crippen LogP contribution in [-0.4, -0.2) is 62.3 Å². The molecular formula is C21H25N3O7S. The van der Waals surface area contributed by atoms with Crippen molar-refractivity contribution in [1.82, 2.24) is 5.32 Å². The number of hydrogen-bond donors (Lipinski definition) is 4. The molecule has 0 unspecified atom stereocenters. The predicted molar refractivity (Wildman–Crippen MR) is 119 cm³/mol. The zero-order chi connectivity index (χ0) is 23.7. The van der Waals surface area contributed by atoms with E-state index in [9.17, 15) is 19.2 Å². The summed E-state index contributed by atoms with van der Waals surface area (Å²) < 4.78 is 10.1. The minimum atomic E-state index is -0.736. The molecule has 32 heavy (non-hydrogen) atoms. The molecule has 0 fully saturated rings. The molecule has 2 rings (SSSR count). The molecule has 0 spiro atoms. The van der Waals surface area contributed by atoms with Crippen LogP contribution in [0.1, 0.15) is 42.9 Å². The molecule has 1 aromatic carbocycles. The van der Waals surface area contributed by atoms with Gasteiger partial charge >= 0.3 is 11.9 Å². The maximum atomic E-state index is 12.4. The number of thiophene rings is 1. The highest BCUT2D eigenvalue weighted by atomic mass is 32.1. The Morgan fingerprint density at radius 2 is 1.81 bits per heavy atom. The predicted octanol–water partition coefficient (Wildman–Crippen LogP) is 1.79. The summed E-state index contributed by atoms with van der Waals surface area (Å²) in [5.74, 6) is -2.50. The first-order chi connectivity index (χ1) is 15.3. The smallest absolute Gasteiger partial charge is 0.341 e. The zero-order valence-corrected chi connectivity index (χ0v) is 18.8. The van der Waals surface area contributed by atoms with E-state index < -0.39 is 30.4 Å². The fourth-order valence-corrected chi connectivity index (χ4v) is 3.92. The van der Waals surface area contributed by atoms with Gasteiger partial charge in [-0.25, -0.2) is 9.59 Å². The largest absolute Gasteiger partial charge is 0.462 e. The van der Waals surface area contributed by atoms with Gasteiger partial charge in [0.05, 0.1) is 29.2 Å². The van der Waals surface area contributed by atoms with E-state index in [-0.39, 0.29) is 40.8 Å². The number of esters is 2. The molecule has 0 saturated carbocycles. The van der Waals surface area contributed by atoms with Crippen molar-refractivity contribution in [3.8, 4) is 0 Å². The van der Waals surface area contributed by atoms with Crippen molar-refractivity contribution >= 4 is 45.8 Å². The van der Waals surface area contributed by atoms with Crippen LogP contribution in [0.3, 0.4) is 0 Å². The molecule has 2 amide bonds. The fourth-order valence-electron chi connectivity index (χ4n) is 2.76. The van der Waals surface area contributed by atoms with Gasteiger partial charge in [-0.05, 0) is 31.5 Å². The van der Waals surface area contributed by atoms with Crippen LogP contribution in [0.4, 0.5) is 10.7 Å². The van der Waals surface area contributed by atoms with E-state index >= 15 is 0 Å².